The van der Waals surface area contributed by atoms with Crippen LogP contribution in [0.5, 0.6) is 0 Å². The minimum atomic E-state index is -0.587. The van der Waals surface area contributed by atoms with Crippen LogP contribution in [0.15, 0.2) is 59.7 Å². The fourth-order valence-corrected chi connectivity index (χ4v) is 2.11. The van der Waals surface area contributed by atoms with Crippen LogP contribution in [0.1, 0.15) is 21.5 Å². The molecule has 1 aliphatic heterocycles. The zero-order valence-corrected chi connectivity index (χ0v) is 10.7. The smallest absolute Gasteiger partial charge is 0.283 e. The molecule has 0 fully saturated rings. The van der Waals surface area contributed by atoms with Crippen molar-refractivity contribution in [3.05, 3.63) is 71.3 Å². The maximum absolute atomic E-state index is 12.0. The molecule has 0 saturated heterocycles. The van der Waals surface area contributed by atoms with E-state index in [9.17, 15) is 9.59 Å². The fourth-order valence-electron chi connectivity index (χ4n) is 2.11. The maximum Gasteiger partial charge on any atom is 0.315 e. The molecule has 2 aromatic rings. The number of Topliss-reactive ketones (excluding diaryl/α,β-unsaturated/α-hetero) is 1. The molecule has 0 radical (unpaired) electrons. The Morgan fingerprint density at radius 2 is 1.65 bits per heavy atom. The Morgan fingerprint density at radius 1 is 0.950 bits per heavy atom. The maximum atomic E-state index is 12.0. The highest BCUT2D eigenvalue weighted by molar-refractivity contribution is 6.43. The quantitative estimate of drug-likeness (QED) is 0.617. The summed E-state index contributed by atoms with van der Waals surface area (Å²) in [6.07, 6.45) is 1.58. The van der Waals surface area contributed by atoms with Crippen LogP contribution in [0.25, 0.3) is 0 Å². The van der Waals surface area contributed by atoms with Gasteiger partial charge in [0.2, 0.25) is 0 Å². The lowest BCUT2D eigenvalue weighted by molar-refractivity contribution is -0.127. The first-order chi connectivity index (χ1) is 9.75. The molecule has 4 nitrogen and oxygen atoms in total. The summed E-state index contributed by atoms with van der Waals surface area (Å²) < 4.78 is 0. The molecule has 0 unspecified atom stereocenters. The van der Waals surface area contributed by atoms with Gasteiger partial charge in [-0.2, -0.15) is 5.10 Å². The molecule has 0 spiro atoms. The summed E-state index contributed by atoms with van der Waals surface area (Å²) in [7, 11) is 0. The predicted molar refractivity (Wildman–Crippen MR) is 75.4 cm³/mol. The number of hydrazone groups is 1. The molecule has 20 heavy (non-hydrogen) atoms. The monoisotopic (exact) mass is 264 g/mol. The Morgan fingerprint density at radius 3 is 2.45 bits per heavy atom. The van der Waals surface area contributed by atoms with Gasteiger partial charge in [0.15, 0.2) is 0 Å². The Hall–Kier alpha value is -2.75. The number of hydrogen-bond acceptors (Lipinski definition) is 3. The van der Waals surface area contributed by atoms with Gasteiger partial charge in [-0.25, -0.2) is 5.01 Å². The summed E-state index contributed by atoms with van der Waals surface area (Å²) >= 11 is 0. The van der Waals surface area contributed by atoms with Crippen molar-refractivity contribution in [3.8, 4) is 0 Å². The molecule has 98 valence electrons. The number of benzene rings is 2. The number of ketones is 1. The molecule has 4 heteroatoms. The highest BCUT2D eigenvalue weighted by Gasteiger charge is 2.30. The van der Waals surface area contributed by atoms with Crippen LogP contribution in [0, 0.1) is 0 Å². The molecular weight excluding hydrogens is 252 g/mol. The second kappa shape index (κ2) is 5.09. The summed E-state index contributed by atoms with van der Waals surface area (Å²) in [4.78, 5) is 23.9. The molecule has 0 saturated carbocycles. The van der Waals surface area contributed by atoms with E-state index >= 15 is 0 Å². The zero-order valence-electron chi connectivity index (χ0n) is 10.7. The van der Waals surface area contributed by atoms with E-state index in [0.29, 0.717) is 12.1 Å². The van der Waals surface area contributed by atoms with Crippen LogP contribution in [-0.4, -0.2) is 22.9 Å². The summed E-state index contributed by atoms with van der Waals surface area (Å²) in [6, 6.07) is 16.6. The van der Waals surface area contributed by atoms with Crippen LogP contribution >= 0.6 is 0 Å². The van der Waals surface area contributed by atoms with Crippen molar-refractivity contribution in [1.29, 1.82) is 0 Å². The van der Waals surface area contributed by atoms with Gasteiger partial charge in [0.1, 0.15) is 0 Å². The summed E-state index contributed by atoms with van der Waals surface area (Å²) in [6.45, 7) is 0.323. The van der Waals surface area contributed by atoms with Gasteiger partial charge in [0.05, 0.1) is 12.8 Å². The van der Waals surface area contributed by atoms with E-state index in [4.69, 9.17) is 0 Å². The van der Waals surface area contributed by atoms with E-state index in [1.807, 2.05) is 42.5 Å². The lowest BCUT2D eigenvalue weighted by atomic mass is 9.99. The number of rotatable bonds is 2. The number of carbonyl (C=O) groups excluding carboxylic acids is 2. The van der Waals surface area contributed by atoms with Gasteiger partial charge >= 0.3 is 5.91 Å². The summed E-state index contributed by atoms with van der Waals surface area (Å²) in [5.74, 6) is -1.09. The van der Waals surface area contributed by atoms with Gasteiger partial charge in [-0.3, -0.25) is 9.59 Å². The first-order valence-corrected chi connectivity index (χ1v) is 6.29. The van der Waals surface area contributed by atoms with E-state index < -0.39 is 11.7 Å². The third kappa shape index (κ3) is 2.23. The number of nitrogens with zero attached hydrogens (tertiary/aromatic N) is 2. The Balaban J connectivity index is 1.88. The van der Waals surface area contributed by atoms with Crippen molar-refractivity contribution < 1.29 is 9.59 Å². The van der Waals surface area contributed by atoms with E-state index in [1.165, 1.54) is 5.01 Å². The number of fused-ring (bicyclic) bond motifs is 1. The Bertz CT molecular complexity index is 693. The molecular formula is C16H12N2O2. The Kier molecular flexibility index (Phi) is 3.13. The molecule has 1 heterocycles. The molecule has 0 atom stereocenters. The fraction of sp³-hybridized carbons (Fsp3) is 0.0625. The van der Waals surface area contributed by atoms with Crippen molar-refractivity contribution in [2.24, 2.45) is 5.10 Å². The highest BCUT2D eigenvalue weighted by atomic mass is 16.2. The van der Waals surface area contributed by atoms with E-state index in [-0.39, 0.29) is 0 Å². The third-order valence-corrected chi connectivity index (χ3v) is 3.16. The minimum Gasteiger partial charge on any atom is -0.283 e. The standard InChI is InChI=1S/C16H12N2O2/c19-15-14-9-5-4-8-13(14)11-18(16(15)20)17-10-12-6-2-1-3-7-12/h1-10H,11H2/b17-10+. The largest absolute Gasteiger partial charge is 0.315 e. The van der Waals surface area contributed by atoms with Crippen LogP contribution in [0.3, 0.4) is 0 Å². The van der Waals surface area contributed by atoms with Crippen molar-refractivity contribution >= 4 is 17.9 Å². The Labute approximate surface area is 116 Å². The highest BCUT2D eigenvalue weighted by Crippen LogP contribution is 2.19. The van der Waals surface area contributed by atoms with Gasteiger partial charge in [-0.15, -0.1) is 0 Å². The molecule has 1 aliphatic rings. The first kappa shape index (κ1) is 12.3. The second-order valence-electron chi connectivity index (χ2n) is 4.50. The lowest BCUT2D eigenvalue weighted by Gasteiger charge is -2.22. The summed E-state index contributed by atoms with van der Waals surface area (Å²) in [5.41, 5.74) is 2.18. The molecule has 0 bridgehead atoms. The van der Waals surface area contributed by atoms with Crippen molar-refractivity contribution in [2.45, 2.75) is 6.54 Å². The van der Waals surface area contributed by atoms with Crippen molar-refractivity contribution in [3.63, 3.8) is 0 Å². The SMILES string of the molecule is O=C1C(=O)N(/N=C/c2ccccc2)Cc2ccccc21. The molecule has 0 aromatic heterocycles. The van der Waals surface area contributed by atoms with Crippen LogP contribution in [0.2, 0.25) is 0 Å². The molecule has 1 amide bonds. The number of hydrogen-bond donors (Lipinski definition) is 0. The first-order valence-electron chi connectivity index (χ1n) is 6.29. The normalized spacial score (nSPS) is 14.7. The van der Waals surface area contributed by atoms with Gasteiger partial charge in [0, 0.05) is 5.56 Å². The van der Waals surface area contributed by atoms with Gasteiger partial charge < -0.3 is 0 Å². The molecule has 2 aromatic carbocycles. The van der Waals surface area contributed by atoms with Crippen LogP contribution < -0.4 is 0 Å². The van der Waals surface area contributed by atoms with E-state index in [0.717, 1.165) is 11.1 Å². The van der Waals surface area contributed by atoms with Crippen molar-refractivity contribution in [2.75, 3.05) is 0 Å². The van der Waals surface area contributed by atoms with E-state index in [2.05, 4.69) is 5.10 Å². The molecule has 3 rings (SSSR count). The van der Waals surface area contributed by atoms with Gasteiger partial charge in [-0.1, -0.05) is 54.6 Å². The lowest BCUT2D eigenvalue weighted by Crippen LogP contribution is -2.37. The van der Waals surface area contributed by atoms with E-state index in [1.54, 1.807) is 18.3 Å². The van der Waals surface area contributed by atoms with Crippen molar-refractivity contribution in [1.82, 2.24) is 5.01 Å². The average Bonchev–Trinajstić information content (AvgIpc) is 2.50. The summed E-state index contributed by atoms with van der Waals surface area (Å²) in [5, 5.41) is 5.33. The number of carbonyl (C=O) groups is 2. The average molecular weight is 264 g/mol. The number of amides is 1. The third-order valence-electron chi connectivity index (χ3n) is 3.16. The van der Waals surface area contributed by atoms with Gasteiger partial charge in [0.25, 0.3) is 5.78 Å². The van der Waals surface area contributed by atoms with Crippen LogP contribution in [-0.2, 0) is 11.3 Å². The molecule has 0 aliphatic carbocycles. The predicted octanol–water partition coefficient (Wildman–Crippen LogP) is 2.25. The second-order valence-corrected chi connectivity index (χ2v) is 4.50. The van der Waals surface area contributed by atoms with Crippen LogP contribution in [0.4, 0.5) is 0 Å². The zero-order chi connectivity index (χ0) is 13.9. The van der Waals surface area contributed by atoms with Gasteiger partial charge in [-0.05, 0) is 11.1 Å². The minimum absolute atomic E-state index is 0.323. The molecule has 0 N–H and O–H groups in total. The topological polar surface area (TPSA) is 49.7 Å².